The fraction of sp³-hybridized carbons (Fsp3) is 0.364. The van der Waals surface area contributed by atoms with Gasteiger partial charge in [-0.3, -0.25) is 4.79 Å². The van der Waals surface area contributed by atoms with Gasteiger partial charge in [0, 0.05) is 0 Å². The highest BCUT2D eigenvalue weighted by Gasteiger charge is 2.02. The molecule has 0 heterocycles. The second-order valence-electron chi connectivity index (χ2n) is 3.46. The molecule has 0 aliphatic rings. The van der Waals surface area contributed by atoms with Crippen LogP contribution in [0, 0.1) is 5.92 Å². The zero-order valence-corrected chi connectivity index (χ0v) is 8.49. The van der Waals surface area contributed by atoms with E-state index in [1.54, 1.807) is 0 Å². The van der Waals surface area contributed by atoms with Crippen molar-refractivity contribution in [2.24, 2.45) is 5.92 Å². The fourth-order valence-corrected chi connectivity index (χ4v) is 1.03. The van der Waals surface area contributed by atoms with E-state index < -0.39 is 0 Å². The van der Waals surface area contributed by atoms with Crippen molar-refractivity contribution < 1.29 is 9.53 Å². The van der Waals surface area contributed by atoms with Crippen LogP contribution in [0.1, 0.15) is 13.8 Å². The number of carbonyl (C=O) groups excluding carboxylic acids is 1. The van der Waals surface area contributed by atoms with Crippen LogP contribution in [0.25, 0.3) is 0 Å². The molecule has 0 unspecified atom stereocenters. The molecule has 0 spiro atoms. The number of rotatable bonds is 5. The molecule has 1 rings (SSSR count). The summed E-state index contributed by atoms with van der Waals surface area (Å²) in [5, 5.41) is 2.59. The third-order valence-electron chi connectivity index (χ3n) is 1.67. The van der Waals surface area contributed by atoms with Crippen LogP contribution in [-0.2, 0) is 4.79 Å². The average molecular weight is 193 g/mol. The Morgan fingerprint density at radius 1 is 1.43 bits per heavy atom. The first-order valence-corrected chi connectivity index (χ1v) is 4.66. The van der Waals surface area contributed by atoms with Crippen molar-refractivity contribution >= 4 is 12.1 Å². The molecule has 3 heteroatoms. The van der Waals surface area contributed by atoms with Crippen LogP contribution < -0.4 is 10.1 Å². The number of carbonyl (C=O) groups is 1. The van der Waals surface area contributed by atoms with E-state index in [-0.39, 0.29) is 0 Å². The number of nitrogens with one attached hydrogen (secondary N) is 1. The van der Waals surface area contributed by atoms with Gasteiger partial charge < -0.3 is 10.1 Å². The zero-order chi connectivity index (χ0) is 10.4. The lowest BCUT2D eigenvalue weighted by Crippen LogP contribution is -2.06. The summed E-state index contributed by atoms with van der Waals surface area (Å²) in [5.74, 6) is 1.19. The first kappa shape index (κ1) is 10.6. The van der Waals surface area contributed by atoms with Crippen LogP contribution in [0.5, 0.6) is 5.75 Å². The Morgan fingerprint density at radius 2 is 2.14 bits per heavy atom. The quantitative estimate of drug-likeness (QED) is 0.728. The van der Waals surface area contributed by atoms with Crippen LogP contribution in [-0.4, -0.2) is 13.0 Å². The molecule has 0 bridgehead atoms. The van der Waals surface area contributed by atoms with E-state index in [0.29, 0.717) is 30.4 Å². The van der Waals surface area contributed by atoms with E-state index in [1.807, 2.05) is 24.3 Å². The lowest BCUT2D eigenvalue weighted by molar-refractivity contribution is -0.105. The first-order valence-electron chi connectivity index (χ1n) is 4.66. The largest absolute Gasteiger partial charge is 0.491 e. The summed E-state index contributed by atoms with van der Waals surface area (Å²) < 4.78 is 5.53. The van der Waals surface area contributed by atoms with Gasteiger partial charge in [0.1, 0.15) is 5.75 Å². The molecule has 0 aliphatic carbocycles. The fourth-order valence-electron chi connectivity index (χ4n) is 1.03. The van der Waals surface area contributed by atoms with Gasteiger partial charge in [-0.2, -0.15) is 0 Å². The SMILES string of the molecule is CC(C)COc1ccccc1NC=O. The molecule has 0 aromatic heterocycles. The van der Waals surface area contributed by atoms with E-state index in [4.69, 9.17) is 4.74 Å². The Balaban J connectivity index is 2.68. The van der Waals surface area contributed by atoms with Crippen LogP contribution in [0.15, 0.2) is 24.3 Å². The highest BCUT2D eigenvalue weighted by molar-refractivity contribution is 5.75. The topological polar surface area (TPSA) is 38.3 Å². The molecule has 1 N–H and O–H groups in total. The van der Waals surface area contributed by atoms with E-state index >= 15 is 0 Å². The summed E-state index contributed by atoms with van der Waals surface area (Å²) in [5.41, 5.74) is 0.711. The van der Waals surface area contributed by atoms with Gasteiger partial charge in [0.05, 0.1) is 12.3 Å². The summed E-state index contributed by atoms with van der Waals surface area (Å²) >= 11 is 0. The van der Waals surface area contributed by atoms with Gasteiger partial charge in [-0.25, -0.2) is 0 Å². The molecule has 1 aromatic rings. The third-order valence-corrected chi connectivity index (χ3v) is 1.67. The summed E-state index contributed by atoms with van der Waals surface area (Å²) in [6, 6.07) is 7.39. The summed E-state index contributed by atoms with van der Waals surface area (Å²) in [4.78, 5) is 10.3. The molecule has 0 saturated heterocycles. The molecule has 1 amide bonds. The van der Waals surface area contributed by atoms with E-state index in [0.717, 1.165) is 0 Å². The zero-order valence-electron chi connectivity index (χ0n) is 8.49. The molecule has 14 heavy (non-hydrogen) atoms. The summed E-state index contributed by atoms with van der Waals surface area (Å²) in [7, 11) is 0. The Labute approximate surface area is 84.1 Å². The molecule has 0 fully saturated rings. The van der Waals surface area contributed by atoms with Crippen molar-refractivity contribution in [3.63, 3.8) is 0 Å². The second-order valence-corrected chi connectivity index (χ2v) is 3.46. The highest BCUT2D eigenvalue weighted by atomic mass is 16.5. The number of benzene rings is 1. The monoisotopic (exact) mass is 193 g/mol. The lowest BCUT2D eigenvalue weighted by atomic mass is 10.2. The Kier molecular flexibility index (Phi) is 3.98. The second kappa shape index (κ2) is 5.27. The van der Waals surface area contributed by atoms with Crippen molar-refractivity contribution in [1.29, 1.82) is 0 Å². The predicted molar refractivity (Wildman–Crippen MR) is 56.5 cm³/mol. The van der Waals surface area contributed by atoms with Crippen LogP contribution in [0.2, 0.25) is 0 Å². The van der Waals surface area contributed by atoms with Crippen molar-refractivity contribution in [1.82, 2.24) is 0 Å². The minimum Gasteiger partial charge on any atom is -0.491 e. The molecule has 76 valence electrons. The van der Waals surface area contributed by atoms with Crippen molar-refractivity contribution in [3.8, 4) is 5.75 Å². The van der Waals surface area contributed by atoms with E-state index in [2.05, 4.69) is 19.2 Å². The van der Waals surface area contributed by atoms with Gasteiger partial charge in [-0.15, -0.1) is 0 Å². The molecule has 0 aliphatic heterocycles. The maximum absolute atomic E-state index is 10.3. The third kappa shape index (κ3) is 3.09. The summed E-state index contributed by atoms with van der Waals surface area (Å²) in [6.45, 7) is 4.81. The molecular weight excluding hydrogens is 178 g/mol. The van der Waals surface area contributed by atoms with Crippen molar-refractivity contribution in [3.05, 3.63) is 24.3 Å². The number of hydrogen-bond donors (Lipinski definition) is 1. The maximum atomic E-state index is 10.3. The number of anilines is 1. The number of ether oxygens (including phenoxy) is 1. The lowest BCUT2D eigenvalue weighted by Gasteiger charge is -2.11. The standard InChI is InChI=1S/C11H15NO2/c1-9(2)7-14-11-6-4-3-5-10(11)12-8-13/h3-6,8-9H,7H2,1-2H3,(H,12,13). The van der Waals surface area contributed by atoms with Gasteiger partial charge >= 0.3 is 0 Å². The number of amides is 1. The predicted octanol–water partition coefficient (Wildman–Crippen LogP) is 2.29. The Morgan fingerprint density at radius 3 is 2.79 bits per heavy atom. The van der Waals surface area contributed by atoms with Gasteiger partial charge in [0.25, 0.3) is 0 Å². The summed E-state index contributed by atoms with van der Waals surface area (Å²) in [6.07, 6.45) is 0.650. The molecule has 3 nitrogen and oxygen atoms in total. The minimum absolute atomic E-state index is 0.472. The number of para-hydroxylation sites is 2. The van der Waals surface area contributed by atoms with Crippen molar-refractivity contribution in [2.75, 3.05) is 11.9 Å². The van der Waals surface area contributed by atoms with E-state index in [9.17, 15) is 4.79 Å². The average Bonchev–Trinajstić information content (AvgIpc) is 2.17. The molecule has 1 aromatic carbocycles. The van der Waals surface area contributed by atoms with Crippen LogP contribution >= 0.6 is 0 Å². The normalized spacial score (nSPS) is 9.93. The Bertz CT molecular complexity index is 297. The van der Waals surface area contributed by atoms with Gasteiger partial charge in [-0.05, 0) is 18.1 Å². The minimum atomic E-state index is 0.472. The smallest absolute Gasteiger partial charge is 0.211 e. The molecular formula is C11H15NO2. The molecule has 0 radical (unpaired) electrons. The molecule has 0 saturated carbocycles. The van der Waals surface area contributed by atoms with Crippen LogP contribution in [0.4, 0.5) is 5.69 Å². The number of hydrogen-bond acceptors (Lipinski definition) is 2. The van der Waals surface area contributed by atoms with Gasteiger partial charge in [0.2, 0.25) is 6.41 Å². The molecule has 0 atom stereocenters. The maximum Gasteiger partial charge on any atom is 0.211 e. The highest BCUT2D eigenvalue weighted by Crippen LogP contribution is 2.23. The first-order chi connectivity index (χ1) is 6.74. The van der Waals surface area contributed by atoms with Crippen molar-refractivity contribution in [2.45, 2.75) is 13.8 Å². The van der Waals surface area contributed by atoms with E-state index in [1.165, 1.54) is 0 Å². The van der Waals surface area contributed by atoms with Gasteiger partial charge in [0.15, 0.2) is 0 Å². The van der Waals surface area contributed by atoms with Crippen LogP contribution in [0.3, 0.4) is 0 Å². The Hall–Kier alpha value is -1.51. The van der Waals surface area contributed by atoms with Gasteiger partial charge in [-0.1, -0.05) is 26.0 Å².